The van der Waals surface area contributed by atoms with Crippen LogP contribution in [0.3, 0.4) is 0 Å². The molecule has 1 amide bonds. The molecule has 0 saturated heterocycles. The first-order valence-electron chi connectivity index (χ1n) is 9.62. The number of carbonyl (C=O) groups excluding carboxylic acids is 1. The van der Waals surface area contributed by atoms with Gasteiger partial charge in [-0.15, -0.1) is 10.2 Å². The summed E-state index contributed by atoms with van der Waals surface area (Å²) in [5.41, 5.74) is 6.38. The molecule has 30 heavy (non-hydrogen) atoms. The number of nitrogens with one attached hydrogen (secondary N) is 1. The van der Waals surface area contributed by atoms with Crippen LogP contribution in [-0.4, -0.2) is 39.2 Å². The molecule has 0 aliphatic carbocycles. The minimum Gasteiger partial charge on any atom is -0.497 e. The molecule has 1 N–H and O–H groups in total. The highest BCUT2D eigenvalue weighted by Gasteiger charge is 2.14. The summed E-state index contributed by atoms with van der Waals surface area (Å²) in [6.07, 6.45) is 0. The Kier molecular flexibility index (Phi) is 7.24. The Morgan fingerprint density at radius 1 is 1.20 bits per heavy atom. The lowest BCUT2D eigenvalue weighted by molar-refractivity contribution is -0.118. The number of thioether (sulfide) groups is 1. The maximum atomic E-state index is 12.3. The van der Waals surface area contributed by atoms with Crippen molar-refractivity contribution in [2.75, 3.05) is 12.9 Å². The minimum absolute atomic E-state index is 0.195. The first-order valence-corrected chi connectivity index (χ1v) is 10.6. The maximum absolute atomic E-state index is 12.3. The van der Waals surface area contributed by atoms with E-state index in [4.69, 9.17) is 4.74 Å². The largest absolute Gasteiger partial charge is 0.497 e. The molecule has 7 nitrogen and oxygen atoms in total. The summed E-state index contributed by atoms with van der Waals surface area (Å²) in [4.78, 5) is 12.3. The first kappa shape index (κ1) is 21.6. The molecular weight excluding hydrogens is 398 g/mol. The molecule has 3 aromatic rings. The van der Waals surface area contributed by atoms with Crippen LogP contribution in [0.15, 0.2) is 58.8 Å². The molecule has 0 atom stereocenters. The zero-order chi connectivity index (χ0) is 21.5. The second-order valence-corrected chi connectivity index (χ2v) is 7.61. The zero-order valence-corrected chi connectivity index (χ0v) is 18.4. The second kappa shape index (κ2) is 10.1. The molecule has 0 spiro atoms. The highest BCUT2D eigenvalue weighted by molar-refractivity contribution is 7.99. The quantitative estimate of drug-likeness (QED) is 0.337. The molecule has 0 unspecified atom stereocenters. The summed E-state index contributed by atoms with van der Waals surface area (Å²) in [6, 6.07) is 15.7. The van der Waals surface area contributed by atoms with E-state index in [1.165, 1.54) is 17.3 Å². The number of carbonyl (C=O) groups is 1. The van der Waals surface area contributed by atoms with Gasteiger partial charge in [0.1, 0.15) is 5.75 Å². The highest BCUT2D eigenvalue weighted by atomic mass is 32.2. The minimum atomic E-state index is -0.204. The molecule has 1 heterocycles. The molecule has 0 aliphatic heterocycles. The molecule has 0 fully saturated rings. The van der Waals surface area contributed by atoms with Gasteiger partial charge in [-0.3, -0.25) is 4.79 Å². The smallest absolute Gasteiger partial charge is 0.250 e. The standard InChI is InChI=1S/C22H25N5O2S/c1-5-27-21(17-11-9-15(2)10-12-17)25-26-22(27)30-14-20(28)24-23-16(3)18-7-6-8-19(13-18)29-4/h6-13H,5,14H2,1-4H3,(H,24,28)/b23-16+. The van der Waals surface area contributed by atoms with Crippen molar-refractivity contribution < 1.29 is 9.53 Å². The number of methoxy groups -OCH3 is 1. The van der Waals surface area contributed by atoms with E-state index in [1.54, 1.807) is 7.11 Å². The van der Waals surface area contributed by atoms with Crippen molar-refractivity contribution in [3.63, 3.8) is 0 Å². The van der Waals surface area contributed by atoms with Gasteiger partial charge >= 0.3 is 0 Å². The van der Waals surface area contributed by atoms with Crippen LogP contribution in [-0.2, 0) is 11.3 Å². The number of benzene rings is 2. The molecule has 156 valence electrons. The van der Waals surface area contributed by atoms with Crippen molar-refractivity contribution in [2.45, 2.75) is 32.5 Å². The fourth-order valence-electron chi connectivity index (χ4n) is 2.82. The predicted molar refractivity (Wildman–Crippen MR) is 120 cm³/mol. The normalized spacial score (nSPS) is 11.4. The van der Waals surface area contributed by atoms with E-state index in [1.807, 2.05) is 73.9 Å². The third kappa shape index (κ3) is 5.27. The monoisotopic (exact) mass is 423 g/mol. The van der Waals surface area contributed by atoms with Crippen LogP contribution in [0.2, 0.25) is 0 Å². The molecule has 0 bridgehead atoms. The van der Waals surface area contributed by atoms with Crippen molar-refractivity contribution in [1.82, 2.24) is 20.2 Å². The van der Waals surface area contributed by atoms with E-state index in [-0.39, 0.29) is 11.7 Å². The maximum Gasteiger partial charge on any atom is 0.250 e. The Hall–Kier alpha value is -3.13. The summed E-state index contributed by atoms with van der Waals surface area (Å²) >= 11 is 1.34. The van der Waals surface area contributed by atoms with E-state index in [9.17, 15) is 4.79 Å². The lowest BCUT2D eigenvalue weighted by Crippen LogP contribution is -2.21. The predicted octanol–water partition coefficient (Wildman–Crippen LogP) is 3.91. The zero-order valence-electron chi connectivity index (χ0n) is 17.5. The Bertz CT molecular complexity index is 1040. The van der Waals surface area contributed by atoms with Gasteiger partial charge in [0.15, 0.2) is 11.0 Å². The fraction of sp³-hybridized carbons (Fsp3) is 0.273. The van der Waals surface area contributed by atoms with E-state index < -0.39 is 0 Å². The molecule has 0 radical (unpaired) electrons. The van der Waals surface area contributed by atoms with Crippen molar-refractivity contribution in [2.24, 2.45) is 5.10 Å². The van der Waals surface area contributed by atoms with Gasteiger partial charge < -0.3 is 9.30 Å². The number of hydrazone groups is 1. The Labute approximate surface area is 180 Å². The van der Waals surface area contributed by atoms with Gasteiger partial charge in [0, 0.05) is 17.7 Å². The Morgan fingerprint density at radius 2 is 1.97 bits per heavy atom. The van der Waals surface area contributed by atoms with Crippen LogP contribution in [0.5, 0.6) is 5.75 Å². The number of aryl methyl sites for hydroxylation is 1. The lowest BCUT2D eigenvalue weighted by Gasteiger charge is -2.07. The highest BCUT2D eigenvalue weighted by Crippen LogP contribution is 2.24. The van der Waals surface area contributed by atoms with Gasteiger partial charge in [-0.2, -0.15) is 5.10 Å². The van der Waals surface area contributed by atoms with Gasteiger partial charge in [-0.05, 0) is 32.9 Å². The average Bonchev–Trinajstić information content (AvgIpc) is 3.19. The van der Waals surface area contributed by atoms with Gasteiger partial charge in [0.25, 0.3) is 5.91 Å². The number of aromatic nitrogens is 3. The topological polar surface area (TPSA) is 81.4 Å². The van der Waals surface area contributed by atoms with Gasteiger partial charge in [0.2, 0.25) is 0 Å². The van der Waals surface area contributed by atoms with E-state index in [0.717, 1.165) is 22.7 Å². The molecule has 2 aromatic carbocycles. The number of amides is 1. The fourth-order valence-corrected chi connectivity index (χ4v) is 3.61. The summed E-state index contributed by atoms with van der Waals surface area (Å²) in [5, 5.41) is 13.5. The van der Waals surface area contributed by atoms with E-state index in [0.29, 0.717) is 17.4 Å². The third-order valence-corrected chi connectivity index (χ3v) is 5.48. The van der Waals surface area contributed by atoms with Crippen molar-refractivity contribution in [3.8, 4) is 17.1 Å². The number of rotatable bonds is 8. The number of hydrogen-bond acceptors (Lipinski definition) is 6. The van der Waals surface area contributed by atoms with Crippen LogP contribution in [0.1, 0.15) is 25.0 Å². The second-order valence-electron chi connectivity index (χ2n) is 6.67. The number of hydrogen-bond donors (Lipinski definition) is 1. The van der Waals surface area contributed by atoms with Gasteiger partial charge in [-0.1, -0.05) is 53.7 Å². The van der Waals surface area contributed by atoms with Crippen molar-refractivity contribution in [1.29, 1.82) is 0 Å². The van der Waals surface area contributed by atoms with Crippen LogP contribution in [0.4, 0.5) is 0 Å². The molecule has 3 rings (SSSR count). The molecule has 0 aliphatic rings. The Balaban J connectivity index is 1.62. The van der Waals surface area contributed by atoms with Crippen LogP contribution < -0.4 is 10.2 Å². The molecule has 1 aromatic heterocycles. The molecule has 0 saturated carbocycles. The van der Waals surface area contributed by atoms with Gasteiger partial charge in [-0.25, -0.2) is 5.43 Å². The molecule has 8 heteroatoms. The first-order chi connectivity index (χ1) is 14.5. The average molecular weight is 424 g/mol. The Morgan fingerprint density at radius 3 is 2.67 bits per heavy atom. The third-order valence-electron chi connectivity index (χ3n) is 4.51. The summed E-state index contributed by atoms with van der Waals surface area (Å²) < 4.78 is 7.23. The van der Waals surface area contributed by atoms with Crippen LogP contribution >= 0.6 is 11.8 Å². The SMILES string of the molecule is CCn1c(SCC(=O)N/N=C(\C)c2cccc(OC)c2)nnc1-c1ccc(C)cc1. The molecular formula is C22H25N5O2S. The van der Waals surface area contributed by atoms with E-state index in [2.05, 4.69) is 20.7 Å². The summed E-state index contributed by atoms with van der Waals surface area (Å²) in [7, 11) is 1.61. The van der Waals surface area contributed by atoms with Crippen LogP contribution in [0.25, 0.3) is 11.4 Å². The summed E-state index contributed by atoms with van der Waals surface area (Å²) in [5.74, 6) is 1.53. The number of ether oxygens (including phenoxy) is 1. The summed E-state index contributed by atoms with van der Waals surface area (Å²) in [6.45, 7) is 6.64. The van der Waals surface area contributed by atoms with Crippen LogP contribution in [0, 0.1) is 6.92 Å². The van der Waals surface area contributed by atoms with Crippen molar-refractivity contribution >= 4 is 23.4 Å². The van der Waals surface area contributed by atoms with Gasteiger partial charge in [0.05, 0.1) is 18.6 Å². The number of nitrogens with zero attached hydrogens (tertiary/aromatic N) is 4. The van der Waals surface area contributed by atoms with Crippen molar-refractivity contribution in [3.05, 3.63) is 59.7 Å². The lowest BCUT2D eigenvalue weighted by atomic mass is 10.1. The van der Waals surface area contributed by atoms with E-state index >= 15 is 0 Å².